The van der Waals surface area contributed by atoms with Gasteiger partial charge in [0.25, 0.3) is 0 Å². The van der Waals surface area contributed by atoms with Gasteiger partial charge in [0.05, 0.1) is 24.3 Å². The van der Waals surface area contributed by atoms with Crippen LogP contribution in [0.3, 0.4) is 0 Å². The Morgan fingerprint density at radius 1 is 1.19 bits per heavy atom. The predicted octanol–water partition coefficient (Wildman–Crippen LogP) is 3.26. The number of halogens is 6. The van der Waals surface area contributed by atoms with E-state index in [4.69, 9.17) is 5.26 Å². The molecule has 0 unspecified atom stereocenters. The van der Waals surface area contributed by atoms with Gasteiger partial charge in [-0.25, -0.2) is 4.79 Å². The van der Waals surface area contributed by atoms with E-state index in [0.29, 0.717) is 6.07 Å². The molecule has 0 saturated carbocycles. The maximum absolute atomic E-state index is 12.9. The lowest BCUT2D eigenvalue weighted by Gasteiger charge is -2.18. The molecule has 0 spiro atoms. The molecule has 0 fully saturated rings. The molecule has 0 N–H and O–H groups in total. The molecule has 4 nitrogen and oxygen atoms in total. The van der Waals surface area contributed by atoms with Crippen molar-refractivity contribution < 1.29 is 40.6 Å². The Bertz CT molecular complexity index is 600. The Hall–Kier alpha value is -2.44. The minimum Gasteiger partial charge on any atom is -0.465 e. The molecule has 0 aromatic heterocycles. The van der Waals surface area contributed by atoms with Gasteiger partial charge in [-0.1, -0.05) is 0 Å². The third kappa shape index (κ3) is 4.01. The number of hydrogen-bond donors (Lipinski definition) is 0. The molecule has 0 atom stereocenters. The Morgan fingerprint density at radius 2 is 1.76 bits per heavy atom. The molecule has 0 aliphatic carbocycles. The molecule has 0 bridgehead atoms. The van der Waals surface area contributed by atoms with Crippen LogP contribution in [0.1, 0.15) is 21.5 Å². The summed E-state index contributed by atoms with van der Waals surface area (Å²) in [6.45, 7) is 0. The number of carbonyl (C=O) groups is 1. The number of alkyl halides is 6. The van der Waals surface area contributed by atoms with E-state index in [1.807, 2.05) is 0 Å². The largest absolute Gasteiger partial charge is 0.573 e. The molecule has 0 radical (unpaired) electrons. The maximum atomic E-state index is 12.9. The topological polar surface area (TPSA) is 59.3 Å². The van der Waals surface area contributed by atoms with Gasteiger partial charge in [-0.3, -0.25) is 0 Å². The number of ether oxygens (including phenoxy) is 2. The van der Waals surface area contributed by atoms with Crippen molar-refractivity contribution in [2.45, 2.75) is 12.5 Å². The van der Waals surface area contributed by atoms with Crippen LogP contribution in [0.2, 0.25) is 0 Å². The van der Waals surface area contributed by atoms with Gasteiger partial charge in [0.2, 0.25) is 0 Å². The van der Waals surface area contributed by atoms with Crippen LogP contribution < -0.4 is 4.74 Å². The van der Waals surface area contributed by atoms with Gasteiger partial charge in [0.15, 0.2) is 0 Å². The van der Waals surface area contributed by atoms with E-state index in [2.05, 4.69) is 9.47 Å². The molecule has 1 aromatic rings. The van der Waals surface area contributed by atoms with Crippen molar-refractivity contribution in [3.05, 3.63) is 28.8 Å². The molecule has 114 valence electrons. The van der Waals surface area contributed by atoms with Crippen molar-refractivity contribution in [1.29, 1.82) is 5.26 Å². The third-order valence-corrected chi connectivity index (χ3v) is 2.15. The van der Waals surface area contributed by atoms with Gasteiger partial charge in [0, 0.05) is 0 Å². The Labute approximate surface area is 113 Å². The quantitative estimate of drug-likeness (QED) is 0.621. The molecule has 0 amide bonds. The van der Waals surface area contributed by atoms with Crippen molar-refractivity contribution in [1.82, 2.24) is 0 Å². The molecule has 0 aliphatic rings. The van der Waals surface area contributed by atoms with Gasteiger partial charge in [-0.05, 0) is 12.1 Å². The van der Waals surface area contributed by atoms with E-state index in [1.54, 1.807) is 0 Å². The standard InChI is InChI=1S/C11H5F6NO3/c1-20-9(19)6-2-5(4-18)3-7(21-11(15,16)17)8(6)10(12,13)14/h2-3H,1H3. The second-order valence-corrected chi connectivity index (χ2v) is 3.55. The molecule has 1 rings (SSSR count). The average molecular weight is 313 g/mol. The number of rotatable bonds is 2. The Balaban J connectivity index is 3.67. The minimum atomic E-state index is -5.43. The summed E-state index contributed by atoms with van der Waals surface area (Å²) < 4.78 is 82.5. The van der Waals surface area contributed by atoms with Gasteiger partial charge in [0.1, 0.15) is 11.3 Å². The van der Waals surface area contributed by atoms with Crippen LogP contribution in [-0.4, -0.2) is 19.4 Å². The van der Waals surface area contributed by atoms with Crippen molar-refractivity contribution in [3.8, 4) is 11.8 Å². The molecule has 0 aliphatic heterocycles. The maximum Gasteiger partial charge on any atom is 0.573 e. The normalized spacial score (nSPS) is 11.7. The zero-order valence-corrected chi connectivity index (χ0v) is 10.1. The first-order valence-corrected chi connectivity index (χ1v) is 4.99. The summed E-state index contributed by atoms with van der Waals surface area (Å²) >= 11 is 0. The number of esters is 1. The summed E-state index contributed by atoms with van der Waals surface area (Å²) in [5.74, 6) is -3.25. The zero-order valence-electron chi connectivity index (χ0n) is 10.1. The van der Waals surface area contributed by atoms with Crippen LogP contribution in [0.25, 0.3) is 0 Å². The average Bonchev–Trinajstić information content (AvgIpc) is 2.33. The number of benzene rings is 1. The van der Waals surface area contributed by atoms with E-state index >= 15 is 0 Å². The van der Waals surface area contributed by atoms with E-state index in [1.165, 1.54) is 6.07 Å². The van der Waals surface area contributed by atoms with Crippen LogP contribution in [0, 0.1) is 11.3 Å². The number of hydrogen-bond acceptors (Lipinski definition) is 4. The van der Waals surface area contributed by atoms with E-state index in [-0.39, 0.29) is 6.07 Å². The summed E-state index contributed by atoms with van der Waals surface area (Å²) in [6, 6.07) is 2.04. The van der Waals surface area contributed by atoms with Crippen molar-refractivity contribution in [3.63, 3.8) is 0 Å². The van der Waals surface area contributed by atoms with Crippen molar-refractivity contribution in [2.75, 3.05) is 7.11 Å². The summed E-state index contributed by atoms with van der Waals surface area (Å²) in [4.78, 5) is 11.3. The second kappa shape index (κ2) is 5.51. The smallest absolute Gasteiger partial charge is 0.465 e. The molecule has 0 saturated heterocycles. The van der Waals surface area contributed by atoms with Crippen LogP contribution in [0.5, 0.6) is 5.75 Å². The number of nitrogens with zero attached hydrogens (tertiary/aromatic N) is 1. The summed E-state index contributed by atoms with van der Waals surface area (Å²) in [7, 11) is 0.742. The summed E-state index contributed by atoms with van der Waals surface area (Å²) in [5.41, 5.74) is -3.84. The fourth-order valence-electron chi connectivity index (χ4n) is 1.45. The minimum absolute atomic E-state index is 0.239. The monoisotopic (exact) mass is 313 g/mol. The highest BCUT2D eigenvalue weighted by molar-refractivity contribution is 5.92. The first-order valence-electron chi connectivity index (χ1n) is 4.99. The molecule has 21 heavy (non-hydrogen) atoms. The Morgan fingerprint density at radius 3 is 2.14 bits per heavy atom. The molecule has 10 heteroatoms. The van der Waals surface area contributed by atoms with Crippen LogP contribution in [-0.2, 0) is 10.9 Å². The first-order chi connectivity index (χ1) is 9.49. The van der Waals surface area contributed by atoms with E-state index in [0.717, 1.165) is 7.11 Å². The fourth-order valence-corrected chi connectivity index (χ4v) is 1.45. The first kappa shape index (κ1) is 16.6. The van der Waals surface area contributed by atoms with Crippen molar-refractivity contribution in [2.24, 2.45) is 0 Å². The lowest BCUT2D eigenvalue weighted by molar-refractivity contribution is -0.276. The summed E-state index contributed by atoms with van der Waals surface area (Å²) in [6.07, 6.45) is -10.8. The number of methoxy groups -OCH3 is 1. The lowest BCUT2D eigenvalue weighted by atomic mass is 10.0. The zero-order chi connectivity index (χ0) is 16.4. The van der Waals surface area contributed by atoms with E-state index in [9.17, 15) is 31.1 Å². The second-order valence-electron chi connectivity index (χ2n) is 3.55. The highest BCUT2D eigenvalue weighted by Gasteiger charge is 2.43. The predicted molar refractivity (Wildman–Crippen MR) is 54.2 cm³/mol. The molecular weight excluding hydrogens is 308 g/mol. The third-order valence-electron chi connectivity index (χ3n) is 2.15. The van der Waals surface area contributed by atoms with Crippen LogP contribution in [0.15, 0.2) is 12.1 Å². The lowest BCUT2D eigenvalue weighted by Crippen LogP contribution is -2.22. The van der Waals surface area contributed by atoms with Gasteiger partial charge in [-0.15, -0.1) is 13.2 Å². The molecule has 1 aromatic carbocycles. The number of carbonyl (C=O) groups excluding carboxylic acids is 1. The highest BCUT2D eigenvalue weighted by atomic mass is 19.4. The summed E-state index contributed by atoms with van der Waals surface area (Å²) in [5, 5.41) is 8.61. The SMILES string of the molecule is COC(=O)c1cc(C#N)cc(OC(F)(F)F)c1C(F)(F)F. The van der Waals surface area contributed by atoms with Gasteiger partial charge in [-0.2, -0.15) is 18.4 Å². The van der Waals surface area contributed by atoms with E-state index < -0.39 is 40.9 Å². The number of nitriles is 1. The van der Waals surface area contributed by atoms with Crippen LogP contribution in [0.4, 0.5) is 26.3 Å². The van der Waals surface area contributed by atoms with Crippen LogP contribution >= 0.6 is 0 Å². The molecule has 0 heterocycles. The van der Waals surface area contributed by atoms with Gasteiger partial charge >= 0.3 is 18.5 Å². The Kier molecular flexibility index (Phi) is 4.36. The van der Waals surface area contributed by atoms with Crippen molar-refractivity contribution >= 4 is 5.97 Å². The highest BCUT2D eigenvalue weighted by Crippen LogP contribution is 2.41. The van der Waals surface area contributed by atoms with Gasteiger partial charge < -0.3 is 9.47 Å². The fraction of sp³-hybridized carbons (Fsp3) is 0.273. The molecular formula is C11H5F6NO3.